The minimum Gasteiger partial charge on any atom is -0.394 e. The summed E-state index contributed by atoms with van der Waals surface area (Å²) in [5, 5.41) is 128. The van der Waals surface area contributed by atoms with Gasteiger partial charge in [0.15, 0.2) is 31.5 Å². The van der Waals surface area contributed by atoms with E-state index >= 15 is 0 Å². The van der Waals surface area contributed by atoms with Gasteiger partial charge in [-0.05, 0) is 13.8 Å². The zero-order valence-electron chi connectivity index (χ0n) is 32.0. The number of aliphatic hydroxyl groups excluding tert-OH is 12. The molecule has 10 unspecified atom stereocenters. The van der Waals surface area contributed by atoms with Crippen LogP contribution in [0.4, 0.5) is 0 Å². The van der Waals surface area contributed by atoms with Gasteiger partial charge in [-0.1, -0.05) is 6.08 Å². The molecule has 0 saturated carbocycles. The molecule has 0 bridgehead atoms. The van der Waals surface area contributed by atoms with Crippen LogP contribution in [0.1, 0.15) is 13.8 Å². The highest BCUT2D eigenvalue weighted by molar-refractivity contribution is 5.00. The standard InChI is InChI=1S/C34H59NO23/c1-5-6-49-31-25(47)28(19(41)13(8-37)52-31)57-30-15(35)27(56-32-23(45)20(42)16(38)10(2)50-32)26(14(54-30)9-48-4)55-34-29(22(44)18(40)12(7-36)53-34)58-33-24(46)21(43)17(39)11(3)51-33/h5,10-34,36-47H,1,6-9,35H2,2-4H3/t10?,11?,12?,13?,14?,15?,16-,17+,18+,19+,20?,21-,22+,23+,24?,25?,26+,27-,28+,29?,30+,31-,32-,33+,34+/m1/s1. The van der Waals surface area contributed by atoms with Crippen molar-refractivity contribution < 1.29 is 113 Å². The minimum absolute atomic E-state index is 0.0974. The highest BCUT2D eigenvalue weighted by Gasteiger charge is 2.57. The van der Waals surface area contributed by atoms with Crippen LogP contribution in [0.2, 0.25) is 0 Å². The molecule has 24 nitrogen and oxygen atoms in total. The van der Waals surface area contributed by atoms with E-state index in [1.807, 2.05) is 0 Å². The van der Waals surface area contributed by atoms with Crippen LogP contribution >= 0.6 is 0 Å². The monoisotopic (exact) mass is 849 g/mol. The molecule has 0 amide bonds. The summed E-state index contributed by atoms with van der Waals surface area (Å²) in [6.45, 7) is 4.27. The van der Waals surface area contributed by atoms with Crippen LogP contribution in [-0.2, 0) is 52.1 Å². The van der Waals surface area contributed by atoms with E-state index in [9.17, 15) is 61.3 Å². The molecule has 25 atom stereocenters. The fourth-order valence-corrected chi connectivity index (χ4v) is 7.38. The van der Waals surface area contributed by atoms with E-state index < -0.39 is 167 Å². The summed E-state index contributed by atoms with van der Waals surface area (Å²) in [6.07, 6.45) is -37.5. The van der Waals surface area contributed by atoms with Crippen molar-refractivity contribution in [2.24, 2.45) is 5.73 Å². The Morgan fingerprint density at radius 2 is 0.983 bits per heavy atom. The summed E-state index contributed by atoms with van der Waals surface area (Å²) in [5.74, 6) is 0. The van der Waals surface area contributed by atoms with E-state index in [0.717, 1.165) is 0 Å². The third-order valence-electron chi connectivity index (χ3n) is 10.8. The van der Waals surface area contributed by atoms with Crippen molar-refractivity contribution >= 4 is 0 Å². The average molecular weight is 850 g/mol. The number of ether oxygens (including phenoxy) is 11. The maximum Gasteiger partial charge on any atom is 0.187 e. The lowest BCUT2D eigenvalue weighted by Crippen LogP contribution is -2.70. The zero-order valence-corrected chi connectivity index (χ0v) is 32.0. The summed E-state index contributed by atoms with van der Waals surface area (Å²) in [7, 11) is 1.28. The van der Waals surface area contributed by atoms with Crippen molar-refractivity contribution in [1.82, 2.24) is 0 Å². The first kappa shape index (κ1) is 47.8. The Morgan fingerprint density at radius 3 is 1.52 bits per heavy atom. The number of aliphatic hydroxyl groups is 12. The molecule has 5 saturated heterocycles. The van der Waals surface area contributed by atoms with Crippen LogP contribution < -0.4 is 5.73 Å². The van der Waals surface area contributed by atoms with Crippen LogP contribution in [-0.4, -0.2) is 248 Å². The third-order valence-corrected chi connectivity index (χ3v) is 10.8. The lowest BCUT2D eigenvalue weighted by Gasteiger charge is -2.51. The van der Waals surface area contributed by atoms with Crippen LogP contribution in [0.15, 0.2) is 12.7 Å². The van der Waals surface area contributed by atoms with Gasteiger partial charge in [0.05, 0.1) is 44.7 Å². The summed E-state index contributed by atoms with van der Waals surface area (Å²) in [6, 6.07) is -1.57. The summed E-state index contributed by atoms with van der Waals surface area (Å²) in [4.78, 5) is 0. The molecular formula is C34H59NO23. The second-order valence-corrected chi connectivity index (χ2v) is 14.9. The van der Waals surface area contributed by atoms with Crippen molar-refractivity contribution in [1.29, 1.82) is 0 Å². The number of hydrogen-bond donors (Lipinski definition) is 13. The molecule has 14 N–H and O–H groups in total. The fourth-order valence-electron chi connectivity index (χ4n) is 7.38. The van der Waals surface area contributed by atoms with Gasteiger partial charge in [-0.3, -0.25) is 0 Å². The number of rotatable bonds is 15. The normalized spacial score (nSPS) is 51.7. The zero-order chi connectivity index (χ0) is 42.7. The van der Waals surface area contributed by atoms with Crippen LogP contribution in [0, 0.1) is 0 Å². The van der Waals surface area contributed by atoms with E-state index in [0.29, 0.717) is 0 Å². The largest absolute Gasteiger partial charge is 0.394 e. The molecule has 0 aliphatic carbocycles. The summed E-state index contributed by atoms with van der Waals surface area (Å²) < 4.78 is 64.1. The van der Waals surface area contributed by atoms with Crippen molar-refractivity contribution in [3.8, 4) is 0 Å². The third kappa shape index (κ3) is 10.0. The molecule has 58 heavy (non-hydrogen) atoms. The minimum atomic E-state index is -1.94. The fraction of sp³-hybridized carbons (Fsp3) is 0.941. The molecule has 0 aromatic rings. The molecule has 5 heterocycles. The van der Waals surface area contributed by atoms with Gasteiger partial charge in [0.2, 0.25) is 0 Å². The second kappa shape index (κ2) is 20.8. The quantitative estimate of drug-likeness (QED) is 0.0681. The van der Waals surface area contributed by atoms with E-state index in [4.69, 9.17) is 57.8 Å². The van der Waals surface area contributed by atoms with E-state index in [-0.39, 0.29) is 13.2 Å². The highest BCUT2D eigenvalue weighted by atomic mass is 16.8. The molecule has 5 aliphatic heterocycles. The maximum absolute atomic E-state index is 11.3. The summed E-state index contributed by atoms with van der Waals surface area (Å²) >= 11 is 0. The van der Waals surface area contributed by atoms with Gasteiger partial charge < -0.3 is 119 Å². The Kier molecular flexibility index (Phi) is 17.1. The Bertz CT molecular complexity index is 1280. The number of hydrogen-bond acceptors (Lipinski definition) is 24. The SMILES string of the molecule is C=CCO[C@@H]1OC(CO)[C@H](O)[C@H](O[C@@H]2OC(COC)[C@H](O[C@@H]3OC(CO)[C@H](O)[C@H](O)C3O[C@@H]3OC(C)[C@H](O)[C@@H](O)C3O)[C@H](O[C@H]3OC(C)[C@@H](O)C(O)[C@@H]3O)C2N)C1O. The lowest BCUT2D eigenvalue weighted by molar-refractivity contribution is -0.397. The van der Waals surface area contributed by atoms with Crippen LogP contribution in [0.25, 0.3) is 0 Å². The van der Waals surface area contributed by atoms with Gasteiger partial charge >= 0.3 is 0 Å². The van der Waals surface area contributed by atoms with Gasteiger partial charge in [-0.15, -0.1) is 6.58 Å². The van der Waals surface area contributed by atoms with E-state index in [2.05, 4.69) is 6.58 Å². The van der Waals surface area contributed by atoms with Crippen molar-refractivity contribution in [3.05, 3.63) is 12.7 Å². The number of nitrogens with two attached hydrogens (primary N) is 1. The van der Waals surface area contributed by atoms with Gasteiger partial charge in [-0.25, -0.2) is 0 Å². The predicted molar refractivity (Wildman–Crippen MR) is 184 cm³/mol. The van der Waals surface area contributed by atoms with Crippen LogP contribution in [0.3, 0.4) is 0 Å². The molecule has 338 valence electrons. The van der Waals surface area contributed by atoms with Crippen molar-refractivity contribution in [2.45, 2.75) is 167 Å². The molecule has 0 aromatic heterocycles. The van der Waals surface area contributed by atoms with E-state index in [1.54, 1.807) is 0 Å². The van der Waals surface area contributed by atoms with Gasteiger partial charge in [-0.2, -0.15) is 0 Å². The average Bonchev–Trinajstić information content (AvgIpc) is 3.20. The first-order valence-corrected chi connectivity index (χ1v) is 18.9. The molecule has 5 fully saturated rings. The van der Waals surface area contributed by atoms with E-state index in [1.165, 1.54) is 27.0 Å². The molecule has 5 rings (SSSR count). The Balaban J connectivity index is 1.50. The van der Waals surface area contributed by atoms with Gasteiger partial charge in [0, 0.05) is 7.11 Å². The lowest BCUT2D eigenvalue weighted by atomic mass is 9.94. The first-order valence-electron chi connectivity index (χ1n) is 18.9. The van der Waals surface area contributed by atoms with Crippen LogP contribution in [0.5, 0.6) is 0 Å². The molecule has 0 radical (unpaired) electrons. The van der Waals surface area contributed by atoms with Gasteiger partial charge in [0.25, 0.3) is 0 Å². The summed E-state index contributed by atoms with van der Waals surface area (Å²) in [5.41, 5.74) is 6.74. The molecule has 0 aromatic carbocycles. The smallest absolute Gasteiger partial charge is 0.187 e. The Hall–Kier alpha value is -1.22. The molecule has 0 spiro atoms. The second-order valence-electron chi connectivity index (χ2n) is 14.9. The first-order chi connectivity index (χ1) is 27.5. The molecular weight excluding hydrogens is 790 g/mol. The maximum atomic E-state index is 11.3. The number of methoxy groups -OCH3 is 1. The predicted octanol–water partition coefficient (Wildman–Crippen LogP) is -8.04. The Morgan fingerprint density at radius 1 is 0.500 bits per heavy atom. The van der Waals surface area contributed by atoms with Crippen molar-refractivity contribution in [3.63, 3.8) is 0 Å². The van der Waals surface area contributed by atoms with Gasteiger partial charge in [0.1, 0.15) is 104 Å². The topological polar surface area (TPSA) is 370 Å². The molecule has 24 heteroatoms. The highest BCUT2D eigenvalue weighted by Crippen LogP contribution is 2.37. The Labute approximate surface area is 332 Å². The molecule has 5 aliphatic rings. The van der Waals surface area contributed by atoms with Crippen molar-refractivity contribution in [2.75, 3.05) is 33.5 Å².